The van der Waals surface area contributed by atoms with Crippen molar-refractivity contribution < 1.29 is 33.3 Å². The van der Waals surface area contributed by atoms with Crippen LogP contribution in [0.5, 0.6) is 5.75 Å². The molecule has 7 heteroatoms. The number of para-hydroxylation sites is 1. The Morgan fingerprint density at radius 3 is 2.11 bits per heavy atom. The van der Waals surface area contributed by atoms with E-state index in [-0.39, 0.29) is 30.5 Å². The lowest BCUT2D eigenvalue weighted by molar-refractivity contribution is -0.141. The van der Waals surface area contributed by atoms with Crippen molar-refractivity contribution in [2.75, 3.05) is 6.61 Å². The van der Waals surface area contributed by atoms with Gasteiger partial charge in [0.2, 0.25) is 0 Å². The van der Waals surface area contributed by atoms with Gasteiger partial charge in [0.25, 0.3) is 0 Å². The minimum atomic E-state index is -0.537. The molecule has 0 unspecified atom stereocenters. The summed E-state index contributed by atoms with van der Waals surface area (Å²) in [6.45, 7) is 0.174. The Morgan fingerprint density at radius 2 is 1.45 bits per heavy atom. The van der Waals surface area contributed by atoms with Crippen molar-refractivity contribution in [1.82, 2.24) is 0 Å². The van der Waals surface area contributed by atoms with E-state index < -0.39 is 24.1 Å². The first-order valence-electron chi connectivity index (χ1n) is 13.0. The molecule has 7 nitrogen and oxygen atoms in total. The molecule has 1 saturated carbocycles. The van der Waals surface area contributed by atoms with Crippen molar-refractivity contribution in [3.63, 3.8) is 0 Å². The highest BCUT2D eigenvalue weighted by Gasteiger charge is 2.51. The van der Waals surface area contributed by atoms with Crippen molar-refractivity contribution in [3.8, 4) is 5.75 Å². The topological polar surface area (TPSA) is 88.1 Å². The van der Waals surface area contributed by atoms with Crippen LogP contribution >= 0.6 is 0 Å². The lowest BCUT2D eigenvalue weighted by atomic mass is 9.87. The summed E-state index contributed by atoms with van der Waals surface area (Å²) in [5.74, 6) is -0.518. The van der Waals surface area contributed by atoms with Gasteiger partial charge in [-0.15, -0.1) is 0 Å². The summed E-state index contributed by atoms with van der Waals surface area (Å²) < 4.78 is 23.2. The van der Waals surface area contributed by atoms with Crippen LogP contribution in [0.25, 0.3) is 0 Å². The zero-order valence-electron chi connectivity index (χ0n) is 20.9. The van der Waals surface area contributed by atoms with Crippen LogP contribution in [0.4, 0.5) is 0 Å². The highest BCUT2D eigenvalue weighted by Crippen LogP contribution is 2.45. The van der Waals surface area contributed by atoms with Gasteiger partial charge in [-0.3, -0.25) is 4.79 Å². The number of carbonyl (C=O) groups excluding carboxylic acids is 3. The van der Waals surface area contributed by atoms with E-state index in [4.69, 9.17) is 18.9 Å². The lowest BCUT2D eigenvalue weighted by Gasteiger charge is -2.25. The van der Waals surface area contributed by atoms with Crippen LogP contribution in [0.2, 0.25) is 0 Å². The summed E-state index contributed by atoms with van der Waals surface area (Å²) in [5, 5.41) is 0. The molecule has 1 saturated heterocycles. The Bertz CT molecular complexity index is 1230. The van der Waals surface area contributed by atoms with E-state index in [1.807, 2.05) is 42.5 Å². The standard InChI is InChI=1S/C31H30O7/c32-29-18-26-25(27(19-28(26)37-29)38-31(34)22-12-6-2-7-13-22)17-16-24(20-35-23-14-8-3-9-15-23)36-30(33)21-10-4-1-5-11-21/h1-15,24-28H,16-20H2/t24-,25-,26-,27-,28+/m1/s1. The summed E-state index contributed by atoms with van der Waals surface area (Å²) in [6, 6.07) is 27.0. The number of fused-ring (bicyclic) bond motifs is 1. The fraction of sp³-hybridized carbons (Fsp3) is 0.323. The number of ether oxygens (including phenoxy) is 4. The van der Waals surface area contributed by atoms with Crippen LogP contribution in [-0.4, -0.2) is 42.8 Å². The maximum Gasteiger partial charge on any atom is 0.338 e. The summed E-state index contributed by atoms with van der Waals surface area (Å²) in [5.41, 5.74) is 0.939. The first-order valence-corrected chi connectivity index (χ1v) is 13.0. The van der Waals surface area contributed by atoms with Crippen molar-refractivity contribution in [2.24, 2.45) is 11.8 Å². The van der Waals surface area contributed by atoms with Gasteiger partial charge in [-0.2, -0.15) is 0 Å². The Kier molecular flexibility index (Phi) is 8.02. The highest BCUT2D eigenvalue weighted by atomic mass is 16.6. The smallest absolute Gasteiger partial charge is 0.338 e. The van der Waals surface area contributed by atoms with Crippen LogP contribution in [-0.2, 0) is 19.0 Å². The zero-order chi connectivity index (χ0) is 26.3. The molecule has 3 aromatic rings. The normalized spacial score (nSPS) is 22.7. The Hall–Kier alpha value is -4.13. The van der Waals surface area contributed by atoms with Crippen molar-refractivity contribution in [2.45, 2.75) is 44.0 Å². The van der Waals surface area contributed by atoms with Gasteiger partial charge < -0.3 is 18.9 Å². The molecule has 5 atom stereocenters. The third-order valence-corrected chi connectivity index (χ3v) is 7.21. The fourth-order valence-electron chi connectivity index (χ4n) is 5.33. The van der Waals surface area contributed by atoms with Crippen molar-refractivity contribution in [1.29, 1.82) is 0 Å². The van der Waals surface area contributed by atoms with Gasteiger partial charge in [0.15, 0.2) is 0 Å². The van der Waals surface area contributed by atoms with Gasteiger partial charge in [0.1, 0.15) is 30.7 Å². The van der Waals surface area contributed by atoms with Crippen LogP contribution in [0.3, 0.4) is 0 Å². The summed E-state index contributed by atoms with van der Waals surface area (Å²) in [6.07, 6.45) is 0.615. The second-order valence-corrected chi connectivity index (χ2v) is 9.70. The van der Waals surface area contributed by atoms with E-state index in [1.54, 1.807) is 48.5 Å². The van der Waals surface area contributed by atoms with Gasteiger partial charge in [0, 0.05) is 18.3 Å². The van der Waals surface area contributed by atoms with Gasteiger partial charge >= 0.3 is 17.9 Å². The van der Waals surface area contributed by atoms with E-state index in [1.165, 1.54) is 0 Å². The van der Waals surface area contributed by atoms with E-state index >= 15 is 0 Å². The molecule has 1 aliphatic heterocycles. The molecule has 5 rings (SSSR count). The molecular weight excluding hydrogens is 484 g/mol. The monoisotopic (exact) mass is 514 g/mol. The van der Waals surface area contributed by atoms with Crippen molar-refractivity contribution >= 4 is 17.9 Å². The molecule has 0 aromatic heterocycles. The van der Waals surface area contributed by atoms with Crippen LogP contribution in [0, 0.1) is 11.8 Å². The van der Waals surface area contributed by atoms with Gasteiger partial charge in [-0.1, -0.05) is 54.6 Å². The minimum absolute atomic E-state index is 0.0448. The summed E-state index contributed by atoms with van der Waals surface area (Å²) in [4.78, 5) is 37.7. The number of esters is 3. The molecule has 0 radical (unpaired) electrons. The molecule has 3 aromatic carbocycles. The van der Waals surface area contributed by atoms with E-state index in [0.29, 0.717) is 42.6 Å². The number of hydrogen-bond donors (Lipinski definition) is 0. The van der Waals surface area contributed by atoms with E-state index in [9.17, 15) is 14.4 Å². The summed E-state index contributed by atoms with van der Waals surface area (Å²) >= 11 is 0. The second kappa shape index (κ2) is 11.9. The van der Waals surface area contributed by atoms with Crippen LogP contribution < -0.4 is 4.74 Å². The molecular formula is C31H30O7. The largest absolute Gasteiger partial charge is 0.490 e. The van der Waals surface area contributed by atoms with Crippen LogP contribution in [0.15, 0.2) is 91.0 Å². The maximum atomic E-state index is 12.8. The first-order chi connectivity index (χ1) is 18.6. The van der Waals surface area contributed by atoms with Gasteiger partial charge in [-0.25, -0.2) is 9.59 Å². The summed E-state index contributed by atoms with van der Waals surface area (Å²) in [7, 11) is 0. The van der Waals surface area contributed by atoms with Crippen LogP contribution in [0.1, 0.15) is 46.4 Å². The molecule has 2 fully saturated rings. The average molecular weight is 515 g/mol. The Balaban J connectivity index is 1.28. The number of rotatable bonds is 10. The molecule has 0 spiro atoms. The Morgan fingerprint density at radius 1 is 0.842 bits per heavy atom. The fourth-order valence-corrected chi connectivity index (χ4v) is 5.33. The first kappa shape index (κ1) is 25.5. The molecule has 0 bridgehead atoms. The zero-order valence-corrected chi connectivity index (χ0v) is 20.9. The predicted molar refractivity (Wildman–Crippen MR) is 139 cm³/mol. The molecule has 2 aliphatic rings. The number of hydrogen-bond acceptors (Lipinski definition) is 7. The maximum absolute atomic E-state index is 12.8. The third-order valence-electron chi connectivity index (χ3n) is 7.21. The van der Waals surface area contributed by atoms with Gasteiger partial charge in [0.05, 0.1) is 17.5 Å². The lowest BCUT2D eigenvalue weighted by Crippen LogP contribution is -2.30. The predicted octanol–water partition coefficient (Wildman–Crippen LogP) is 5.25. The number of benzene rings is 3. The van der Waals surface area contributed by atoms with E-state index in [0.717, 1.165) is 0 Å². The van der Waals surface area contributed by atoms with E-state index in [2.05, 4.69) is 0 Å². The quantitative estimate of drug-likeness (QED) is 0.270. The second-order valence-electron chi connectivity index (χ2n) is 9.70. The molecule has 0 amide bonds. The highest BCUT2D eigenvalue weighted by molar-refractivity contribution is 5.90. The minimum Gasteiger partial charge on any atom is -0.490 e. The third kappa shape index (κ3) is 6.22. The number of carbonyl (C=O) groups is 3. The SMILES string of the molecule is O=C1C[C@@H]2[C@@H](CC[C@H](COc3ccccc3)OC(=O)c3ccccc3)[C@H](OC(=O)c3ccccc3)C[C@@H]2O1. The average Bonchev–Trinajstić information content (AvgIpc) is 3.46. The molecule has 0 N–H and O–H groups in total. The Labute approximate surface area is 221 Å². The molecule has 1 aliphatic carbocycles. The van der Waals surface area contributed by atoms with Crippen molar-refractivity contribution in [3.05, 3.63) is 102 Å². The molecule has 1 heterocycles. The molecule has 196 valence electrons. The molecule has 38 heavy (non-hydrogen) atoms. The van der Waals surface area contributed by atoms with Gasteiger partial charge in [-0.05, 0) is 49.2 Å².